The van der Waals surface area contributed by atoms with Crippen molar-refractivity contribution < 1.29 is 35.8 Å². The van der Waals surface area contributed by atoms with Crippen molar-refractivity contribution in [3.05, 3.63) is 11.6 Å². The minimum absolute atomic E-state index is 0.0166. The van der Waals surface area contributed by atoms with E-state index in [9.17, 15) is 26.3 Å². The van der Waals surface area contributed by atoms with Crippen LogP contribution in [-0.4, -0.2) is 30.9 Å². The van der Waals surface area contributed by atoms with E-state index < -0.39 is 30.7 Å². The molecule has 0 aromatic rings. The van der Waals surface area contributed by atoms with Gasteiger partial charge in [0.2, 0.25) is 0 Å². The number of hydrogen-bond donors (Lipinski definition) is 0. The first-order valence-corrected chi connectivity index (χ1v) is 6.56. The van der Waals surface area contributed by atoms with Crippen molar-refractivity contribution in [1.82, 2.24) is 0 Å². The first-order chi connectivity index (χ1) is 9.49. The van der Waals surface area contributed by atoms with Gasteiger partial charge in [-0.1, -0.05) is 11.6 Å². The quantitative estimate of drug-likeness (QED) is 0.550. The Morgan fingerprint density at radius 2 is 1.67 bits per heavy atom. The molecule has 0 aromatic carbocycles. The second kappa shape index (κ2) is 6.56. The molecular formula is C13H18F6O2. The van der Waals surface area contributed by atoms with Crippen LogP contribution in [-0.2, 0) is 9.47 Å². The minimum Gasteiger partial charge on any atom is -0.353 e. The molecule has 124 valence electrons. The van der Waals surface area contributed by atoms with Gasteiger partial charge in [0.15, 0.2) is 6.29 Å². The molecule has 0 aromatic heterocycles. The van der Waals surface area contributed by atoms with E-state index in [1.54, 1.807) is 0 Å². The summed E-state index contributed by atoms with van der Waals surface area (Å²) in [6, 6.07) is 0. The lowest BCUT2D eigenvalue weighted by atomic mass is 9.96. The SMILES string of the molecule is CC(C)=CCC(OC1CCCCO1)(C(F)(F)F)C(F)(F)F. The Labute approximate surface area is 119 Å². The van der Waals surface area contributed by atoms with Crippen LogP contribution in [0.5, 0.6) is 0 Å². The summed E-state index contributed by atoms with van der Waals surface area (Å²) in [5.41, 5.74) is -3.89. The molecular weight excluding hydrogens is 302 g/mol. The fraction of sp³-hybridized carbons (Fsp3) is 0.846. The monoisotopic (exact) mass is 320 g/mol. The molecule has 1 heterocycles. The standard InChI is InChI=1S/C13H18F6O2/c1-9(2)6-7-11(12(14,15)16,13(17,18)19)21-10-5-3-4-8-20-10/h6,10H,3-5,7-8H2,1-2H3. The summed E-state index contributed by atoms with van der Waals surface area (Å²) < 4.78 is 88.2. The first kappa shape index (κ1) is 18.3. The summed E-state index contributed by atoms with van der Waals surface area (Å²) in [6.45, 7) is 2.95. The van der Waals surface area contributed by atoms with E-state index in [4.69, 9.17) is 4.74 Å². The zero-order valence-corrected chi connectivity index (χ0v) is 11.8. The molecule has 0 radical (unpaired) electrons. The van der Waals surface area contributed by atoms with Crippen molar-refractivity contribution >= 4 is 0 Å². The Bertz CT molecular complexity index is 348. The molecule has 0 bridgehead atoms. The highest BCUT2D eigenvalue weighted by molar-refractivity contribution is 5.05. The molecule has 1 aliphatic rings. The van der Waals surface area contributed by atoms with Crippen LogP contribution in [0, 0.1) is 0 Å². The molecule has 0 aliphatic carbocycles. The van der Waals surface area contributed by atoms with E-state index in [0.29, 0.717) is 18.4 Å². The Balaban J connectivity index is 3.13. The van der Waals surface area contributed by atoms with Gasteiger partial charge in [-0.3, -0.25) is 0 Å². The second-order valence-corrected chi connectivity index (χ2v) is 5.22. The predicted molar refractivity (Wildman–Crippen MR) is 63.6 cm³/mol. The average molecular weight is 320 g/mol. The highest BCUT2D eigenvalue weighted by atomic mass is 19.4. The van der Waals surface area contributed by atoms with Gasteiger partial charge in [0, 0.05) is 13.0 Å². The number of ether oxygens (including phenoxy) is 2. The number of rotatable bonds is 4. The van der Waals surface area contributed by atoms with Crippen LogP contribution in [0.2, 0.25) is 0 Å². The van der Waals surface area contributed by atoms with Gasteiger partial charge < -0.3 is 9.47 Å². The molecule has 0 spiro atoms. The molecule has 2 nitrogen and oxygen atoms in total. The van der Waals surface area contributed by atoms with Crippen molar-refractivity contribution in [3.8, 4) is 0 Å². The Kier molecular flexibility index (Phi) is 5.71. The Hall–Kier alpha value is -0.760. The van der Waals surface area contributed by atoms with Gasteiger partial charge >= 0.3 is 12.4 Å². The Morgan fingerprint density at radius 3 is 2.05 bits per heavy atom. The van der Waals surface area contributed by atoms with E-state index in [-0.39, 0.29) is 13.0 Å². The van der Waals surface area contributed by atoms with Crippen molar-refractivity contribution in [2.24, 2.45) is 0 Å². The van der Waals surface area contributed by atoms with Crippen LogP contribution in [0.3, 0.4) is 0 Å². The van der Waals surface area contributed by atoms with Crippen LogP contribution in [0.25, 0.3) is 0 Å². The maximum Gasteiger partial charge on any atom is 0.426 e. The number of hydrogen-bond acceptors (Lipinski definition) is 2. The third kappa shape index (κ3) is 4.35. The second-order valence-electron chi connectivity index (χ2n) is 5.22. The van der Waals surface area contributed by atoms with Crippen LogP contribution in [0.4, 0.5) is 26.3 Å². The van der Waals surface area contributed by atoms with E-state index in [1.165, 1.54) is 13.8 Å². The van der Waals surface area contributed by atoms with Gasteiger partial charge in [0.1, 0.15) is 0 Å². The van der Waals surface area contributed by atoms with Crippen molar-refractivity contribution in [2.45, 2.75) is 63.8 Å². The number of alkyl halides is 6. The fourth-order valence-corrected chi connectivity index (χ4v) is 1.95. The maximum absolute atomic E-state index is 13.1. The summed E-state index contributed by atoms with van der Waals surface area (Å²) in [7, 11) is 0. The van der Waals surface area contributed by atoms with Crippen molar-refractivity contribution in [1.29, 1.82) is 0 Å². The molecule has 0 saturated carbocycles. The van der Waals surface area contributed by atoms with E-state index in [2.05, 4.69) is 4.74 Å². The third-order valence-corrected chi connectivity index (χ3v) is 3.18. The summed E-state index contributed by atoms with van der Waals surface area (Å²) in [5.74, 6) is 0. The lowest BCUT2D eigenvalue weighted by molar-refractivity contribution is -0.410. The smallest absolute Gasteiger partial charge is 0.353 e. The molecule has 0 amide bonds. The van der Waals surface area contributed by atoms with E-state index in [1.807, 2.05) is 0 Å². The third-order valence-electron chi connectivity index (χ3n) is 3.18. The summed E-state index contributed by atoms with van der Waals surface area (Å²) in [5, 5.41) is 0. The molecule has 1 saturated heterocycles. The molecule has 1 fully saturated rings. The lowest BCUT2D eigenvalue weighted by Gasteiger charge is -2.39. The predicted octanol–water partition coefficient (Wildman–Crippen LogP) is 4.75. The van der Waals surface area contributed by atoms with E-state index in [0.717, 1.165) is 6.08 Å². The van der Waals surface area contributed by atoms with E-state index >= 15 is 0 Å². The van der Waals surface area contributed by atoms with Crippen LogP contribution in [0.1, 0.15) is 39.5 Å². The normalized spacial score (nSPS) is 21.2. The van der Waals surface area contributed by atoms with Gasteiger partial charge in [-0.05, 0) is 33.1 Å². The zero-order valence-electron chi connectivity index (χ0n) is 11.8. The zero-order chi connectivity index (χ0) is 16.3. The molecule has 1 unspecified atom stereocenters. The average Bonchev–Trinajstić information content (AvgIpc) is 2.32. The van der Waals surface area contributed by atoms with Crippen molar-refractivity contribution in [2.75, 3.05) is 6.61 Å². The molecule has 1 rings (SSSR count). The van der Waals surface area contributed by atoms with Gasteiger partial charge in [0.25, 0.3) is 5.60 Å². The molecule has 1 atom stereocenters. The molecule has 21 heavy (non-hydrogen) atoms. The highest BCUT2D eigenvalue weighted by Crippen LogP contribution is 2.49. The topological polar surface area (TPSA) is 18.5 Å². The maximum atomic E-state index is 13.1. The molecule has 1 aliphatic heterocycles. The minimum atomic E-state index is -5.59. The molecule has 8 heteroatoms. The summed E-state index contributed by atoms with van der Waals surface area (Å²) in [6.07, 6.45) is -12.0. The summed E-state index contributed by atoms with van der Waals surface area (Å²) in [4.78, 5) is 0. The first-order valence-electron chi connectivity index (χ1n) is 6.56. The summed E-state index contributed by atoms with van der Waals surface area (Å²) >= 11 is 0. The van der Waals surface area contributed by atoms with Crippen LogP contribution >= 0.6 is 0 Å². The lowest BCUT2D eigenvalue weighted by Crippen LogP contribution is -2.60. The van der Waals surface area contributed by atoms with Crippen molar-refractivity contribution in [3.63, 3.8) is 0 Å². The number of allylic oxidation sites excluding steroid dienone is 1. The number of halogens is 6. The largest absolute Gasteiger partial charge is 0.426 e. The van der Waals surface area contributed by atoms with Gasteiger partial charge in [-0.25, -0.2) is 0 Å². The van der Waals surface area contributed by atoms with Gasteiger partial charge in [0.05, 0.1) is 0 Å². The van der Waals surface area contributed by atoms with Crippen LogP contribution in [0.15, 0.2) is 11.6 Å². The van der Waals surface area contributed by atoms with Gasteiger partial charge in [-0.15, -0.1) is 0 Å². The van der Waals surface area contributed by atoms with Gasteiger partial charge in [-0.2, -0.15) is 26.3 Å². The van der Waals surface area contributed by atoms with Crippen LogP contribution < -0.4 is 0 Å². The fourth-order valence-electron chi connectivity index (χ4n) is 1.95. The molecule has 0 N–H and O–H groups in total. The highest BCUT2D eigenvalue weighted by Gasteiger charge is 2.72. The Morgan fingerprint density at radius 1 is 1.10 bits per heavy atom.